The Morgan fingerprint density at radius 3 is 2.95 bits per heavy atom. The number of thiazole rings is 1. The average Bonchev–Trinajstić information content (AvgIpc) is 2.99. The number of hydrazine groups is 1. The van der Waals surface area contributed by atoms with E-state index in [4.69, 9.17) is 5.84 Å². The van der Waals surface area contributed by atoms with Crippen LogP contribution in [0.3, 0.4) is 0 Å². The zero-order valence-electron chi connectivity index (χ0n) is 10.1. The number of hydrogen-bond acceptors (Lipinski definition) is 6. The SMILES string of the molecule is NNc1ccc(C(=O)Nc2nc3c(s2)CCC3)nc1. The number of pyridine rings is 1. The monoisotopic (exact) mass is 275 g/mol. The number of anilines is 2. The molecular weight excluding hydrogens is 262 g/mol. The van der Waals surface area contributed by atoms with Crippen molar-refractivity contribution in [3.8, 4) is 0 Å². The Morgan fingerprint density at radius 2 is 2.26 bits per heavy atom. The van der Waals surface area contributed by atoms with Crippen molar-refractivity contribution >= 4 is 28.1 Å². The molecule has 98 valence electrons. The summed E-state index contributed by atoms with van der Waals surface area (Å²) in [7, 11) is 0. The first-order valence-corrected chi connectivity index (χ1v) is 6.80. The quantitative estimate of drug-likeness (QED) is 0.584. The molecule has 6 nitrogen and oxygen atoms in total. The van der Waals surface area contributed by atoms with Crippen LogP contribution in [0.5, 0.6) is 0 Å². The van der Waals surface area contributed by atoms with Gasteiger partial charge in [-0.05, 0) is 31.4 Å². The highest BCUT2D eigenvalue weighted by atomic mass is 32.1. The molecule has 2 aromatic rings. The third kappa shape index (κ3) is 2.42. The second-order valence-corrected chi connectivity index (χ2v) is 5.36. The summed E-state index contributed by atoms with van der Waals surface area (Å²) in [5, 5.41) is 3.43. The standard InChI is InChI=1S/C12H13N5OS/c13-17-7-4-5-9(14-6-7)11(18)16-12-15-8-2-1-3-10(8)19-12/h4-6,17H,1-3,13H2,(H,15,16,18). The van der Waals surface area contributed by atoms with E-state index in [-0.39, 0.29) is 5.91 Å². The lowest BCUT2D eigenvalue weighted by molar-refractivity contribution is 0.102. The smallest absolute Gasteiger partial charge is 0.276 e. The highest BCUT2D eigenvalue weighted by Crippen LogP contribution is 2.30. The maximum atomic E-state index is 12.0. The first kappa shape index (κ1) is 12.1. The highest BCUT2D eigenvalue weighted by Gasteiger charge is 2.18. The van der Waals surface area contributed by atoms with E-state index in [0.29, 0.717) is 16.5 Å². The first-order valence-electron chi connectivity index (χ1n) is 5.99. The predicted molar refractivity (Wildman–Crippen MR) is 74.1 cm³/mol. The van der Waals surface area contributed by atoms with Gasteiger partial charge < -0.3 is 5.43 Å². The van der Waals surface area contributed by atoms with Gasteiger partial charge in [-0.2, -0.15) is 0 Å². The van der Waals surface area contributed by atoms with Gasteiger partial charge in [-0.15, -0.1) is 11.3 Å². The number of nitrogens with two attached hydrogens (primary N) is 1. The Hall–Kier alpha value is -1.99. The van der Waals surface area contributed by atoms with Crippen molar-refractivity contribution in [2.45, 2.75) is 19.3 Å². The van der Waals surface area contributed by atoms with Crippen molar-refractivity contribution in [2.75, 3.05) is 10.7 Å². The summed E-state index contributed by atoms with van der Waals surface area (Å²) in [5.41, 5.74) is 4.58. The van der Waals surface area contributed by atoms with Crippen LogP contribution in [0.15, 0.2) is 18.3 Å². The van der Waals surface area contributed by atoms with Crippen molar-refractivity contribution in [1.29, 1.82) is 0 Å². The number of nitrogens with zero attached hydrogens (tertiary/aromatic N) is 2. The molecule has 1 amide bonds. The molecule has 7 heteroatoms. The van der Waals surface area contributed by atoms with Crippen molar-refractivity contribution in [3.63, 3.8) is 0 Å². The van der Waals surface area contributed by atoms with Gasteiger partial charge in [0.05, 0.1) is 17.6 Å². The van der Waals surface area contributed by atoms with Crippen molar-refractivity contribution in [3.05, 3.63) is 34.6 Å². The van der Waals surface area contributed by atoms with Crippen LogP contribution < -0.4 is 16.6 Å². The number of fused-ring (bicyclic) bond motifs is 1. The summed E-state index contributed by atoms with van der Waals surface area (Å²) in [6.45, 7) is 0. The molecule has 0 aromatic carbocycles. The van der Waals surface area contributed by atoms with Crippen LogP contribution >= 0.6 is 11.3 Å². The normalized spacial score (nSPS) is 13.1. The summed E-state index contributed by atoms with van der Waals surface area (Å²) in [6.07, 6.45) is 4.75. The van der Waals surface area contributed by atoms with Gasteiger partial charge in [0.25, 0.3) is 5.91 Å². The largest absolute Gasteiger partial charge is 0.323 e. The number of hydrogen-bond donors (Lipinski definition) is 3. The molecule has 3 rings (SSSR count). The van der Waals surface area contributed by atoms with Gasteiger partial charge in [0.2, 0.25) is 0 Å². The van der Waals surface area contributed by atoms with Crippen molar-refractivity contribution < 1.29 is 4.79 Å². The first-order chi connectivity index (χ1) is 9.26. The molecule has 19 heavy (non-hydrogen) atoms. The van der Waals surface area contributed by atoms with Crippen molar-refractivity contribution in [1.82, 2.24) is 9.97 Å². The Bertz CT molecular complexity index is 586. The molecule has 2 aromatic heterocycles. The third-order valence-electron chi connectivity index (χ3n) is 2.98. The molecule has 0 saturated carbocycles. The number of carbonyl (C=O) groups is 1. The summed E-state index contributed by atoms with van der Waals surface area (Å²) in [4.78, 5) is 21.7. The molecule has 0 aliphatic heterocycles. The van der Waals surface area contributed by atoms with E-state index in [1.807, 2.05) is 0 Å². The molecule has 0 unspecified atom stereocenters. The Morgan fingerprint density at radius 1 is 1.37 bits per heavy atom. The molecule has 0 fully saturated rings. The molecule has 0 bridgehead atoms. The fourth-order valence-electron chi connectivity index (χ4n) is 2.02. The van der Waals surface area contributed by atoms with Crippen LogP contribution in [-0.2, 0) is 12.8 Å². The van der Waals surface area contributed by atoms with Crippen LogP contribution in [0.25, 0.3) is 0 Å². The van der Waals surface area contributed by atoms with Crippen LogP contribution in [-0.4, -0.2) is 15.9 Å². The van der Waals surface area contributed by atoms with Crippen LogP contribution in [0.2, 0.25) is 0 Å². The lowest BCUT2D eigenvalue weighted by Gasteiger charge is -2.02. The summed E-state index contributed by atoms with van der Waals surface area (Å²) in [5.74, 6) is 4.99. The lowest BCUT2D eigenvalue weighted by Crippen LogP contribution is -2.14. The molecule has 0 saturated heterocycles. The number of nitrogen functional groups attached to an aromatic ring is 1. The molecule has 2 heterocycles. The van der Waals surface area contributed by atoms with E-state index in [1.165, 1.54) is 11.1 Å². The van der Waals surface area contributed by atoms with E-state index in [0.717, 1.165) is 25.0 Å². The van der Waals surface area contributed by atoms with Gasteiger partial charge in [-0.25, -0.2) is 9.97 Å². The van der Waals surface area contributed by atoms with Gasteiger partial charge >= 0.3 is 0 Å². The molecule has 0 radical (unpaired) electrons. The van der Waals surface area contributed by atoms with Crippen LogP contribution in [0.4, 0.5) is 10.8 Å². The zero-order valence-corrected chi connectivity index (χ0v) is 11.0. The number of carbonyl (C=O) groups excluding carboxylic acids is 1. The topological polar surface area (TPSA) is 92.9 Å². The average molecular weight is 275 g/mol. The van der Waals surface area contributed by atoms with Crippen LogP contribution in [0, 0.1) is 0 Å². The zero-order chi connectivity index (χ0) is 13.2. The predicted octanol–water partition coefficient (Wildman–Crippen LogP) is 1.56. The molecular formula is C12H13N5OS. The molecule has 1 aliphatic carbocycles. The summed E-state index contributed by atoms with van der Waals surface area (Å²) >= 11 is 1.55. The minimum atomic E-state index is -0.254. The van der Waals surface area contributed by atoms with E-state index < -0.39 is 0 Å². The maximum absolute atomic E-state index is 12.0. The molecule has 0 atom stereocenters. The maximum Gasteiger partial charge on any atom is 0.276 e. The molecule has 1 aliphatic rings. The van der Waals surface area contributed by atoms with Crippen molar-refractivity contribution in [2.24, 2.45) is 5.84 Å². The number of rotatable bonds is 3. The van der Waals surface area contributed by atoms with Gasteiger partial charge in [0, 0.05) is 4.88 Å². The van der Waals surface area contributed by atoms with E-state index in [2.05, 4.69) is 20.7 Å². The Kier molecular flexibility index (Phi) is 3.14. The number of aryl methyl sites for hydroxylation is 2. The highest BCUT2D eigenvalue weighted by molar-refractivity contribution is 7.15. The Balaban J connectivity index is 1.72. The fraction of sp³-hybridized carbons (Fsp3) is 0.250. The lowest BCUT2D eigenvalue weighted by atomic mass is 10.3. The summed E-state index contributed by atoms with van der Waals surface area (Å²) in [6, 6.07) is 3.32. The molecule has 4 N–H and O–H groups in total. The summed E-state index contributed by atoms with van der Waals surface area (Å²) < 4.78 is 0. The van der Waals surface area contributed by atoms with Gasteiger partial charge in [-0.1, -0.05) is 0 Å². The van der Waals surface area contributed by atoms with E-state index in [1.54, 1.807) is 23.5 Å². The third-order valence-corrected chi connectivity index (χ3v) is 4.05. The van der Waals surface area contributed by atoms with Gasteiger partial charge in [0.15, 0.2) is 5.13 Å². The van der Waals surface area contributed by atoms with E-state index >= 15 is 0 Å². The second-order valence-electron chi connectivity index (χ2n) is 4.27. The molecule has 0 spiro atoms. The van der Waals surface area contributed by atoms with Gasteiger partial charge in [-0.3, -0.25) is 16.0 Å². The van der Waals surface area contributed by atoms with E-state index in [9.17, 15) is 4.79 Å². The Labute approximate surface area is 114 Å². The fourth-order valence-corrected chi connectivity index (χ4v) is 3.06. The second kappa shape index (κ2) is 4.94. The minimum Gasteiger partial charge on any atom is -0.323 e. The van der Waals surface area contributed by atoms with Crippen LogP contribution in [0.1, 0.15) is 27.5 Å². The van der Waals surface area contributed by atoms with Gasteiger partial charge in [0.1, 0.15) is 5.69 Å². The number of nitrogens with one attached hydrogen (secondary N) is 2. The number of amides is 1. The number of aromatic nitrogens is 2. The minimum absolute atomic E-state index is 0.254.